The highest BCUT2D eigenvalue weighted by molar-refractivity contribution is 7.99. The van der Waals surface area contributed by atoms with Gasteiger partial charge in [0.05, 0.1) is 6.61 Å². The van der Waals surface area contributed by atoms with Gasteiger partial charge >= 0.3 is 0 Å². The molecule has 1 aromatic rings. The molecule has 2 N–H and O–H groups in total. The number of anilines is 1. The van der Waals surface area contributed by atoms with E-state index in [0.29, 0.717) is 0 Å². The number of thioether (sulfide) groups is 1. The van der Waals surface area contributed by atoms with E-state index < -0.39 is 0 Å². The van der Waals surface area contributed by atoms with Crippen LogP contribution in [0.1, 0.15) is 12.6 Å². The molecule has 0 aliphatic carbocycles. The van der Waals surface area contributed by atoms with E-state index >= 15 is 0 Å². The Bertz CT molecular complexity index is 254. The number of hydrogen-bond acceptors (Lipinski definition) is 6. The maximum Gasteiger partial charge on any atom is 0.133 e. The molecule has 13 heavy (non-hydrogen) atoms. The summed E-state index contributed by atoms with van der Waals surface area (Å²) in [7, 11) is 1.86. The quantitative estimate of drug-likeness (QED) is 0.779. The Morgan fingerprint density at radius 3 is 3.08 bits per heavy atom. The van der Waals surface area contributed by atoms with Crippen LogP contribution in [0.25, 0.3) is 0 Å². The third-order valence-corrected chi connectivity index (χ3v) is 3.49. The first-order valence-electron chi connectivity index (χ1n) is 3.99. The van der Waals surface area contributed by atoms with Crippen LogP contribution in [0.2, 0.25) is 0 Å². The van der Waals surface area contributed by atoms with E-state index in [0.717, 1.165) is 16.4 Å². The number of nitrogens with zero attached hydrogens (tertiary/aromatic N) is 2. The Morgan fingerprint density at radius 2 is 2.46 bits per heavy atom. The van der Waals surface area contributed by atoms with Crippen molar-refractivity contribution in [1.29, 1.82) is 0 Å². The van der Waals surface area contributed by atoms with Crippen molar-refractivity contribution in [3.05, 3.63) is 5.69 Å². The molecule has 0 saturated heterocycles. The number of aliphatic hydroxyl groups is 1. The summed E-state index contributed by atoms with van der Waals surface area (Å²) in [6.07, 6.45) is 0. The molecule has 0 aliphatic heterocycles. The van der Waals surface area contributed by atoms with Gasteiger partial charge in [0.1, 0.15) is 10.7 Å². The molecular weight excluding hydrogens is 206 g/mol. The largest absolute Gasteiger partial charge is 0.395 e. The molecule has 6 heteroatoms. The molecule has 1 heterocycles. The zero-order valence-electron chi connectivity index (χ0n) is 7.65. The van der Waals surface area contributed by atoms with Crippen molar-refractivity contribution < 1.29 is 5.11 Å². The fourth-order valence-corrected chi connectivity index (χ4v) is 2.14. The van der Waals surface area contributed by atoms with Crippen molar-refractivity contribution in [2.45, 2.75) is 17.9 Å². The first kappa shape index (κ1) is 10.7. The van der Waals surface area contributed by atoms with Gasteiger partial charge in [0.15, 0.2) is 0 Å². The predicted octanol–water partition coefficient (Wildman–Crippen LogP) is 1.19. The lowest BCUT2D eigenvalue weighted by atomic mass is 10.5. The van der Waals surface area contributed by atoms with Crippen molar-refractivity contribution in [3.63, 3.8) is 0 Å². The van der Waals surface area contributed by atoms with Crippen LogP contribution in [-0.4, -0.2) is 33.6 Å². The Kier molecular flexibility index (Phi) is 4.47. The van der Waals surface area contributed by atoms with Gasteiger partial charge in [-0.1, -0.05) is 11.4 Å². The van der Waals surface area contributed by atoms with Crippen LogP contribution in [0.15, 0.2) is 0 Å². The molecule has 0 spiro atoms. The minimum absolute atomic E-state index is 0.205. The topological polar surface area (TPSA) is 58.0 Å². The van der Waals surface area contributed by atoms with Crippen LogP contribution in [-0.2, 0) is 5.75 Å². The summed E-state index contributed by atoms with van der Waals surface area (Å²) in [4.78, 5) is 0. The third kappa shape index (κ3) is 3.13. The van der Waals surface area contributed by atoms with Crippen molar-refractivity contribution in [2.24, 2.45) is 0 Å². The molecule has 0 radical (unpaired) electrons. The highest BCUT2D eigenvalue weighted by Crippen LogP contribution is 2.23. The first-order chi connectivity index (χ1) is 6.27. The molecule has 4 nitrogen and oxygen atoms in total. The number of aromatic nitrogens is 2. The average Bonchev–Trinajstić information content (AvgIpc) is 2.61. The van der Waals surface area contributed by atoms with Crippen molar-refractivity contribution in [2.75, 3.05) is 19.0 Å². The Labute approximate surface area is 85.9 Å². The summed E-state index contributed by atoms with van der Waals surface area (Å²) in [6.45, 7) is 2.20. The van der Waals surface area contributed by atoms with E-state index in [4.69, 9.17) is 5.11 Å². The number of rotatable bonds is 5. The highest BCUT2D eigenvalue weighted by Gasteiger charge is 2.08. The normalized spacial score (nSPS) is 12.8. The molecule has 74 valence electrons. The van der Waals surface area contributed by atoms with Gasteiger partial charge < -0.3 is 10.4 Å². The van der Waals surface area contributed by atoms with Gasteiger partial charge in [0, 0.05) is 29.6 Å². The number of nitrogens with one attached hydrogen (secondary N) is 1. The molecule has 0 saturated carbocycles. The molecule has 0 aromatic carbocycles. The Hall–Kier alpha value is -0.330. The highest BCUT2D eigenvalue weighted by atomic mass is 32.2. The summed E-state index contributed by atoms with van der Waals surface area (Å²) in [5.74, 6) is 0.800. The van der Waals surface area contributed by atoms with Gasteiger partial charge in [-0.15, -0.1) is 16.9 Å². The summed E-state index contributed by atoms with van der Waals surface area (Å²) >= 11 is 3.04. The lowest BCUT2D eigenvalue weighted by Gasteiger charge is -2.05. The van der Waals surface area contributed by atoms with Gasteiger partial charge in [0.2, 0.25) is 0 Å². The van der Waals surface area contributed by atoms with E-state index in [2.05, 4.69) is 14.9 Å². The lowest BCUT2D eigenvalue weighted by Crippen LogP contribution is -2.03. The third-order valence-electron chi connectivity index (χ3n) is 1.54. The average molecular weight is 219 g/mol. The minimum Gasteiger partial charge on any atom is -0.395 e. The molecule has 0 bridgehead atoms. The van der Waals surface area contributed by atoms with E-state index in [1.807, 2.05) is 14.0 Å². The zero-order valence-corrected chi connectivity index (χ0v) is 9.28. The maximum absolute atomic E-state index is 8.82. The molecular formula is C7H13N3OS2. The van der Waals surface area contributed by atoms with E-state index in [9.17, 15) is 0 Å². The van der Waals surface area contributed by atoms with E-state index in [1.54, 1.807) is 11.8 Å². The fraction of sp³-hybridized carbons (Fsp3) is 0.714. The van der Waals surface area contributed by atoms with Crippen LogP contribution in [0, 0.1) is 0 Å². The van der Waals surface area contributed by atoms with Gasteiger partial charge in [-0.2, -0.15) is 0 Å². The van der Waals surface area contributed by atoms with Crippen LogP contribution < -0.4 is 5.32 Å². The summed E-state index contributed by atoms with van der Waals surface area (Å²) in [5.41, 5.74) is 0.970. The molecule has 1 unspecified atom stereocenters. The van der Waals surface area contributed by atoms with Gasteiger partial charge in [-0.3, -0.25) is 0 Å². The molecule has 0 amide bonds. The van der Waals surface area contributed by atoms with Crippen LogP contribution in [0.4, 0.5) is 5.00 Å². The second-order valence-corrected chi connectivity index (χ2v) is 4.78. The number of hydrogen-bond donors (Lipinski definition) is 2. The number of aliphatic hydroxyl groups excluding tert-OH is 1. The Morgan fingerprint density at radius 1 is 1.69 bits per heavy atom. The smallest absolute Gasteiger partial charge is 0.133 e. The summed E-state index contributed by atoms with van der Waals surface area (Å²) in [5, 5.41) is 17.1. The van der Waals surface area contributed by atoms with Crippen LogP contribution in [0.3, 0.4) is 0 Å². The minimum atomic E-state index is 0.205. The van der Waals surface area contributed by atoms with Crippen LogP contribution >= 0.6 is 23.3 Å². The maximum atomic E-state index is 8.82. The van der Waals surface area contributed by atoms with Gasteiger partial charge in [-0.05, 0) is 0 Å². The lowest BCUT2D eigenvalue weighted by molar-refractivity contribution is 0.300. The monoisotopic (exact) mass is 219 g/mol. The second-order valence-electron chi connectivity index (χ2n) is 2.60. The van der Waals surface area contributed by atoms with E-state index in [1.165, 1.54) is 11.5 Å². The van der Waals surface area contributed by atoms with Crippen molar-refractivity contribution in [3.8, 4) is 0 Å². The summed E-state index contributed by atoms with van der Waals surface area (Å²) in [6, 6.07) is 0. The predicted molar refractivity (Wildman–Crippen MR) is 57.3 cm³/mol. The molecule has 0 fully saturated rings. The molecule has 1 aromatic heterocycles. The standard InChI is InChI=1S/C7H13N3OS2/c1-5(3-11)12-4-6-7(8-2)13-10-9-6/h5,8,11H,3-4H2,1-2H3. The van der Waals surface area contributed by atoms with Gasteiger partial charge in [0.25, 0.3) is 0 Å². The second kappa shape index (κ2) is 5.41. The fourth-order valence-electron chi connectivity index (χ4n) is 0.767. The molecule has 1 rings (SSSR count). The zero-order chi connectivity index (χ0) is 9.68. The summed E-state index contributed by atoms with van der Waals surface area (Å²) < 4.78 is 3.85. The van der Waals surface area contributed by atoms with Crippen molar-refractivity contribution >= 4 is 28.3 Å². The van der Waals surface area contributed by atoms with E-state index in [-0.39, 0.29) is 11.9 Å². The first-order valence-corrected chi connectivity index (χ1v) is 5.81. The molecule has 1 atom stereocenters. The Balaban J connectivity index is 2.44. The molecule has 0 aliphatic rings. The SMILES string of the molecule is CNc1snnc1CSC(C)CO. The van der Waals surface area contributed by atoms with Crippen LogP contribution in [0.5, 0.6) is 0 Å². The van der Waals surface area contributed by atoms with Gasteiger partial charge in [-0.25, -0.2) is 0 Å². The van der Waals surface area contributed by atoms with Crippen molar-refractivity contribution in [1.82, 2.24) is 9.59 Å².